The fourth-order valence-electron chi connectivity index (χ4n) is 2.15. The minimum atomic E-state index is 0.0175. The van der Waals surface area contributed by atoms with E-state index in [0.29, 0.717) is 6.54 Å². The Hall–Kier alpha value is -2.37. The molecule has 6 nitrogen and oxygen atoms in total. The molecule has 0 amide bonds. The van der Waals surface area contributed by atoms with E-state index in [1.54, 1.807) is 13.4 Å². The van der Waals surface area contributed by atoms with Crippen LogP contribution in [0.2, 0.25) is 0 Å². The van der Waals surface area contributed by atoms with Gasteiger partial charge < -0.3 is 15.2 Å². The molecule has 0 bridgehead atoms. The second kappa shape index (κ2) is 7.06. The van der Waals surface area contributed by atoms with Crippen molar-refractivity contribution in [2.24, 2.45) is 12.0 Å². The number of hydrogen-bond acceptors (Lipinski definition) is 3. The maximum absolute atomic E-state index is 4.25. The monoisotopic (exact) mass is 300 g/mol. The fourth-order valence-corrected chi connectivity index (χ4v) is 2.15. The number of nitrogens with one attached hydrogen (secondary N) is 2. The summed E-state index contributed by atoms with van der Waals surface area (Å²) in [7, 11) is 3.69. The van der Waals surface area contributed by atoms with Gasteiger partial charge in [0.15, 0.2) is 11.8 Å². The van der Waals surface area contributed by atoms with Gasteiger partial charge in [-0.3, -0.25) is 4.99 Å². The average Bonchev–Trinajstić information content (AvgIpc) is 2.93. The summed E-state index contributed by atoms with van der Waals surface area (Å²) in [4.78, 5) is 4.25. The van der Waals surface area contributed by atoms with Gasteiger partial charge >= 0.3 is 0 Å². The summed E-state index contributed by atoms with van der Waals surface area (Å²) in [5, 5.41) is 14.5. The highest BCUT2D eigenvalue weighted by molar-refractivity contribution is 5.79. The lowest BCUT2D eigenvalue weighted by molar-refractivity contribution is 0.508. The highest BCUT2D eigenvalue weighted by Crippen LogP contribution is 2.21. The first-order chi connectivity index (χ1) is 10.5. The number of nitrogens with zero attached hydrogens (tertiary/aromatic N) is 4. The standard InChI is InChI=1S/C16H24N6/c1-16(2,13-8-6-5-7-9-13)11-19-15(17-3)18-10-14-21-20-12-22(14)4/h5-9,12H,10-11H2,1-4H3,(H2,17,18,19). The summed E-state index contributed by atoms with van der Waals surface area (Å²) >= 11 is 0. The number of aryl methyl sites for hydroxylation is 1. The zero-order valence-corrected chi connectivity index (χ0v) is 13.7. The Kier molecular flexibility index (Phi) is 5.14. The van der Waals surface area contributed by atoms with Gasteiger partial charge in [-0.05, 0) is 5.56 Å². The second-order valence-corrected chi connectivity index (χ2v) is 5.89. The number of rotatable bonds is 5. The van der Waals surface area contributed by atoms with Crippen molar-refractivity contribution in [3.8, 4) is 0 Å². The van der Waals surface area contributed by atoms with Crippen LogP contribution in [0.1, 0.15) is 25.2 Å². The number of aromatic nitrogens is 3. The Bertz CT molecular complexity index is 615. The Morgan fingerprint density at radius 1 is 1.23 bits per heavy atom. The number of hydrogen-bond donors (Lipinski definition) is 2. The van der Waals surface area contributed by atoms with Gasteiger partial charge in [0, 0.05) is 26.1 Å². The highest BCUT2D eigenvalue weighted by Gasteiger charge is 2.20. The summed E-state index contributed by atoms with van der Waals surface area (Å²) in [5.74, 6) is 1.62. The maximum atomic E-state index is 4.25. The summed E-state index contributed by atoms with van der Waals surface area (Å²) in [6.07, 6.45) is 1.69. The molecule has 6 heteroatoms. The molecule has 0 atom stereocenters. The normalized spacial score (nSPS) is 12.3. The van der Waals surface area contributed by atoms with Crippen LogP contribution in [-0.4, -0.2) is 34.3 Å². The first kappa shape index (κ1) is 16.0. The summed E-state index contributed by atoms with van der Waals surface area (Å²) in [5.41, 5.74) is 1.31. The smallest absolute Gasteiger partial charge is 0.191 e. The molecule has 0 radical (unpaired) electrons. The Morgan fingerprint density at radius 2 is 1.95 bits per heavy atom. The van der Waals surface area contributed by atoms with Crippen molar-refractivity contribution >= 4 is 5.96 Å². The van der Waals surface area contributed by atoms with E-state index in [0.717, 1.165) is 18.3 Å². The van der Waals surface area contributed by atoms with Gasteiger partial charge in [-0.25, -0.2) is 0 Å². The molecule has 2 N–H and O–H groups in total. The molecule has 22 heavy (non-hydrogen) atoms. The minimum Gasteiger partial charge on any atom is -0.356 e. The average molecular weight is 300 g/mol. The van der Waals surface area contributed by atoms with E-state index in [1.807, 2.05) is 17.7 Å². The third-order valence-corrected chi connectivity index (χ3v) is 3.70. The summed E-state index contributed by atoms with van der Waals surface area (Å²) < 4.78 is 1.88. The lowest BCUT2D eigenvalue weighted by atomic mass is 9.85. The predicted octanol–water partition coefficient (Wildman–Crippen LogP) is 1.46. The van der Waals surface area contributed by atoms with Crippen LogP contribution in [0, 0.1) is 0 Å². The van der Waals surface area contributed by atoms with E-state index in [2.05, 4.69) is 63.9 Å². The Labute approximate surface area is 131 Å². The van der Waals surface area contributed by atoms with Crippen molar-refractivity contribution in [2.75, 3.05) is 13.6 Å². The molecule has 118 valence electrons. The van der Waals surface area contributed by atoms with Crippen molar-refractivity contribution in [2.45, 2.75) is 25.8 Å². The van der Waals surface area contributed by atoms with Gasteiger partial charge in [0.05, 0.1) is 6.54 Å². The Morgan fingerprint density at radius 3 is 2.55 bits per heavy atom. The van der Waals surface area contributed by atoms with E-state index in [1.165, 1.54) is 5.56 Å². The second-order valence-electron chi connectivity index (χ2n) is 5.89. The van der Waals surface area contributed by atoms with Gasteiger partial charge in [-0.1, -0.05) is 44.2 Å². The van der Waals surface area contributed by atoms with E-state index in [4.69, 9.17) is 0 Å². The molecule has 0 aliphatic rings. The van der Waals surface area contributed by atoms with Crippen LogP contribution >= 0.6 is 0 Å². The van der Waals surface area contributed by atoms with Gasteiger partial charge in [-0.15, -0.1) is 10.2 Å². The van der Waals surface area contributed by atoms with Crippen LogP contribution in [0.25, 0.3) is 0 Å². The van der Waals surface area contributed by atoms with Crippen LogP contribution in [-0.2, 0) is 19.0 Å². The molecule has 2 rings (SSSR count). The molecule has 1 aromatic heterocycles. The lowest BCUT2D eigenvalue weighted by Gasteiger charge is -2.26. The fraction of sp³-hybridized carbons (Fsp3) is 0.438. The summed E-state index contributed by atoms with van der Waals surface area (Å²) in [6.45, 7) is 5.80. The highest BCUT2D eigenvalue weighted by atomic mass is 15.3. The largest absolute Gasteiger partial charge is 0.356 e. The molecule has 0 saturated carbocycles. The first-order valence-electron chi connectivity index (χ1n) is 7.36. The molecular formula is C16H24N6. The maximum Gasteiger partial charge on any atom is 0.191 e. The minimum absolute atomic E-state index is 0.0175. The van der Waals surface area contributed by atoms with Crippen LogP contribution < -0.4 is 10.6 Å². The van der Waals surface area contributed by atoms with Crippen LogP contribution in [0.3, 0.4) is 0 Å². The quantitative estimate of drug-likeness (QED) is 0.648. The van der Waals surface area contributed by atoms with Crippen molar-refractivity contribution in [3.63, 3.8) is 0 Å². The van der Waals surface area contributed by atoms with Crippen LogP contribution in [0.4, 0.5) is 0 Å². The molecule has 0 spiro atoms. The molecular weight excluding hydrogens is 276 g/mol. The third kappa shape index (κ3) is 4.07. The molecule has 1 aromatic carbocycles. The van der Waals surface area contributed by atoms with E-state index in [9.17, 15) is 0 Å². The van der Waals surface area contributed by atoms with Gasteiger partial charge in [-0.2, -0.15) is 0 Å². The molecule has 0 unspecified atom stereocenters. The number of benzene rings is 1. The molecule has 0 aliphatic heterocycles. The van der Waals surface area contributed by atoms with Crippen molar-refractivity contribution in [3.05, 3.63) is 48.0 Å². The summed E-state index contributed by atoms with van der Waals surface area (Å²) in [6, 6.07) is 10.5. The topological polar surface area (TPSA) is 67.1 Å². The van der Waals surface area contributed by atoms with Crippen molar-refractivity contribution in [1.82, 2.24) is 25.4 Å². The van der Waals surface area contributed by atoms with Crippen molar-refractivity contribution in [1.29, 1.82) is 0 Å². The first-order valence-corrected chi connectivity index (χ1v) is 7.36. The molecule has 0 saturated heterocycles. The van der Waals surface area contributed by atoms with Crippen LogP contribution in [0.5, 0.6) is 0 Å². The van der Waals surface area contributed by atoms with Gasteiger partial charge in [0.25, 0.3) is 0 Å². The van der Waals surface area contributed by atoms with Crippen LogP contribution in [0.15, 0.2) is 41.7 Å². The van der Waals surface area contributed by atoms with E-state index >= 15 is 0 Å². The van der Waals surface area contributed by atoms with Gasteiger partial charge in [0.2, 0.25) is 0 Å². The molecule has 1 heterocycles. The molecule has 0 fully saturated rings. The molecule has 0 aliphatic carbocycles. The number of aliphatic imine (C=N–C) groups is 1. The lowest BCUT2D eigenvalue weighted by Crippen LogP contribution is -2.43. The predicted molar refractivity (Wildman–Crippen MR) is 88.7 cm³/mol. The SMILES string of the molecule is CN=C(NCc1nncn1C)NCC(C)(C)c1ccccc1. The number of guanidine groups is 1. The zero-order chi connectivity index (χ0) is 16.0. The van der Waals surface area contributed by atoms with E-state index in [-0.39, 0.29) is 5.41 Å². The molecule has 2 aromatic rings. The Balaban J connectivity index is 1.90. The van der Waals surface area contributed by atoms with Gasteiger partial charge in [0.1, 0.15) is 6.33 Å². The zero-order valence-electron chi connectivity index (χ0n) is 13.7. The third-order valence-electron chi connectivity index (χ3n) is 3.70. The van der Waals surface area contributed by atoms with E-state index < -0.39 is 0 Å². The van der Waals surface area contributed by atoms with Crippen molar-refractivity contribution < 1.29 is 0 Å².